The van der Waals surface area contributed by atoms with Crippen molar-refractivity contribution in [2.24, 2.45) is 0 Å². The van der Waals surface area contributed by atoms with Crippen molar-refractivity contribution in [3.05, 3.63) is 0 Å². The van der Waals surface area contributed by atoms with Crippen LogP contribution in [0.2, 0.25) is 0 Å². The van der Waals surface area contributed by atoms with Crippen molar-refractivity contribution in [2.45, 2.75) is 0 Å². The molecule has 0 aromatic rings. The number of rotatable bonds is 0. The third kappa shape index (κ3) is 11.1. The van der Waals surface area contributed by atoms with Crippen molar-refractivity contribution < 1.29 is 48.9 Å². The molecule has 0 radical (unpaired) electrons. The Hall–Kier alpha value is 1.14. The first-order valence-electron chi connectivity index (χ1n) is 0.408. The van der Waals surface area contributed by atoms with Crippen LogP contribution in [0.1, 0.15) is 0 Å². The second-order valence-electron chi connectivity index (χ2n) is 0.0833. The molecule has 0 rings (SSSR count). The second-order valence-corrected chi connectivity index (χ2v) is 0.250. The summed E-state index contributed by atoms with van der Waals surface area (Å²) in [5.41, 5.74) is 0. The average Bonchev–Trinajstić information content (AvgIpc) is 0.918. The van der Waals surface area contributed by atoms with Crippen molar-refractivity contribution in [3.8, 4) is 0 Å². The fourth-order valence-corrected chi connectivity index (χ4v) is 0. The molecule has 2 nitrogen and oxygen atoms in total. The topological polar surface area (TPSA) is 34.1 Å². The van der Waals surface area contributed by atoms with Gasteiger partial charge in [0.15, 0.2) is 0 Å². The smallest absolute Gasteiger partial charge is 0.274 e. The molecule has 0 amide bonds. The van der Waals surface area contributed by atoms with Gasteiger partial charge in [-0.2, -0.15) is 0 Å². The Morgan fingerprint density at radius 1 is 1.25 bits per heavy atom. The average molecular weight is 217 g/mol. The fraction of sp³-hybridized carbons (Fsp3) is 0. The Balaban J connectivity index is 0. The maximum Gasteiger partial charge on any atom is 0.549 e. The largest absolute Gasteiger partial charge is 0.549 e. The second kappa shape index (κ2) is 8.91. The van der Waals surface area contributed by atoms with Crippen LogP contribution in [0.4, 0.5) is 0 Å². The predicted octanol–water partition coefficient (Wildman–Crippen LogP) is -0.618. The Labute approximate surface area is 57.6 Å². The van der Waals surface area contributed by atoms with Crippen molar-refractivity contribution in [1.29, 1.82) is 0 Å². The zero-order valence-electron chi connectivity index (χ0n) is 1.67. The van der Waals surface area contributed by atoms with Crippen molar-refractivity contribution in [1.82, 2.24) is 0 Å². The van der Waals surface area contributed by atoms with Crippen LogP contribution >= 0.6 is 0 Å². The maximum absolute atomic E-state index is 8.40. The van der Waals surface area contributed by atoms with Gasteiger partial charge < -0.3 is 0 Å². The first kappa shape index (κ1) is 8.94. The van der Waals surface area contributed by atoms with Gasteiger partial charge in [-0.05, 0) is 0 Å². The summed E-state index contributed by atoms with van der Waals surface area (Å²) < 4.78 is 16.8. The standard InChI is InChI=1S/Gd.O2Si/c;1-3-2. The SMILES string of the molecule is O=[Si]=O.[Gd]. The summed E-state index contributed by atoms with van der Waals surface area (Å²) in [6.07, 6.45) is 0. The molecule has 0 aromatic carbocycles. The van der Waals surface area contributed by atoms with Gasteiger partial charge in [-0.15, -0.1) is 0 Å². The fourth-order valence-electron chi connectivity index (χ4n) is 0. The molecule has 0 unspecified atom stereocenters. The molecule has 0 aromatic heterocycles. The van der Waals surface area contributed by atoms with E-state index in [1.807, 2.05) is 0 Å². The summed E-state index contributed by atoms with van der Waals surface area (Å²) in [6, 6.07) is 0. The minimum atomic E-state index is -1.42. The molecule has 0 saturated carbocycles. The summed E-state index contributed by atoms with van der Waals surface area (Å²) >= 11 is 0. The molecular weight excluding hydrogens is 217 g/mol. The van der Waals surface area contributed by atoms with Crippen LogP contribution in [0.3, 0.4) is 0 Å². The van der Waals surface area contributed by atoms with Crippen molar-refractivity contribution >= 4 is 9.29 Å². The first-order valence-corrected chi connectivity index (χ1v) is 1.22. The van der Waals surface area contributed by atoms with Crippen LogP contribution < -0.4 is 0 Å². The molecule has 0 bridgehead atoms. The van der Waals surface area contributed by atoms with E-state index in [-0.39, 0.29) is 39.9 Å². The predicted molar refractivity (Wildman–Crippen MR) is 7.13 cm³/mol. The third-order valence-corrected chi connectivity index (χ3v) is 0. The Bertz CT molecular complexity index is 27.0. The monoisotopic (exact) mass is 218 g/mol. The van der Waals surface area contributed by atoms with E-state index in [1.165, 1.54) is 0 Å². The van der Waals surface area contributed by atoms with Gasteiger partial charge >= 0.3 is 9.29 Å². The molecule has 0 atom stereocenters. The molecule has 0 aliphatic heterocycles. The summed E-state index contributed by atoms with van der Waals surface area (Å²) in [5, 5.41) is 0. The van der Waals surface area contributed by atoms with Gasteiger partial charge in [0.25, 0.3) is 0 Å². The molecule has 0 fully saturated rings. The molecular formula is GdO2Si. The molecule has 0 spiro atoms. The molecule has 0 aliphatic carbocycles. The van der Waals surface area contributed by atoms with Gasteiger partial charge in [0.1, 0.15) is 0 Å². The summed E-state index contributed by atoms with van der Waals surface area (Å²) in [4.78, 5) is 0. The number of hydrogen-bond acceptors (Lipinski definition) is 2. The summed E-state index contributed by atoms with van der Waals surface area (Å²) in [6.45, 7) is 0. The van der Waals surface area contributed by atoms with E-state index < -0.39 is 9.29 Å². The maximum atomic E-state index is 8.40. The van der Waals surface area contributed by atoms with Crippen molar-refractivity contribution in [2.75, 3.05) is 0 Å². The van der Waals surface area contributed by atoms with Crippen LogP contribution in [-0.2, 0) is 8.92 Å². The van der Waals surface area contributed by atoms with Crippen LogP contribution in [-0.4, -0.2) is 9.29 Å². The first-order chi connectivity index (χ1) is 1.41. The van der Waals surface area contributed by atoms with Gasteiger partial charge in [-0.3, -0.25) is 8.92 Å². The van der Waals surface area contributed by atoms with E-state index in [2.05, 4.69) is 0 Å². The van der Waals surface area contributed by atoms with E-state index >= 15 is 0 Å². The molecule has 0 saturated heterocycles. The van der Waals surface area contributed by atoms with Crippen LogP contribution in [0.15, 0.2) is 0 Å². The van der Waals surface area contributed by atoms with E-state index in [0.29, 0.717) is 0 Å². The molecule has 4 heavy (non-hydrogen) atoms. The molecule has 0 heterocycles. The molecule has 0 aliphatic rings. The molecule has 4 heteroatoms. The zero-order valence-corrected chi connectivity index (χ0v) is 4.94. The third-order valence-electron chi connectivity index (χ3n) is 0. The molecule has 24 valence electrons. The quantitative estimate of drug-likeness (QED) is 0.507. The van der Waals surface area contributed by atoms with Crippen molar-refractivity contribution in [3.63, 3.8) is 0 Å². The van der Waals surface area contributed by atoms with E-state index in [9.17, 15) is 0 Å². The van der Waals surface area contributed by atoms with Gasteiger partial charge in [-0.1, -0.05) is 0 Å². The normalized spacial score (nSPS) is 2.00. The Morgan fingerprint density at radius 3 is 1.25 bits per heavy atom. The summed E-state index contributed by atoms with van der Waals surface area (Å²) in [5.74, 6) is 0. The van der Waals surface area contributed by atoms with Gasteiger partial charge in [-0.25, -0.2) is 0 Å². The van der Waals surface area contributed by atoms with E-state index in [0.717, 1.165) is 0 Å². The van der Waals surface area contributed by atoms with Crippen LogP contribution in [0.25, 0.3) is 0 Å². The molecule has 0 N–H and O–H groups in total. The van der Waals surface area contributed by atoms with Crippen LogP contribution in [0.5, 0.6) is 0 Å². The summed E-state index contributed by atoms with van der Waals surface area (Å²) in [7, 11) is -1.42. The van der Waals surface area contributed by atoms with Gasteiger partial charge in [0.05, 0.1) is 0 Å². The van der Waals surface area contributed by atoms with Crippen LogP contribution in [0, 0.1) is 39.9 Å². The van der Waals surface area contributed by atoms with Gasteiger partial charge in [0.2, 0.25) is 0 Å². The Kier molecular flexibility index (Phi) is 19.9. The van der Waals surface area contributed by atoms with E-state index in [1.54, 1.807) is 0 Å². The minimum Gasteiger partial charge on any atom is -0.274 e. The zero-order chi connectivity index (χ0) is 2.71. The van der Waals surface area contributed by atoms with E-state index in [4.69, 9.17) is 8.92 Å². The Morgan fingerprint density at radius 2 is 1.25 bits per heavy atom. The number of hydrogen-bond donors (Lipinski definition) is 0. The minimum absolute atomic E-state index is 0. The van der Waals surface area contributed by atoms with Gasteiger partial charge in [0, 0.05) is 39.9 Å².